The zero-order valence-corrected chi connectivity index (χ0v) is 8.32. The van der Waals surface area contributed by atoms with Gasteiger partial charge in [-0.1, -0.05) is 15.9 Å². The van der Waals surface area contributed by atoms with Crippen LogP contribution in [0, 0.1) is 0 Å². The molecule has 0 N–H and O–H groups in total. The monoisotopic (exact) mass is 233 g/mol. The highest BCUT2D eigenvalue weighted by Gasteiger charge is 2.37. The van der Waals surface area contributed by atoms with Crippen LogP contribution in [0.15, 0.2) is 11.8 Å². The predicted octanol–water partition coefficient (Wildman–Crippen LogP) is 1.57. The van der Waals surface area contributed by atoms with Crippen molar-refractivity contribution in [1.82, 2.24) is 4.90 Å². The van der Waals surface area contributed by atoms with Crippen molar-refractivity contribution in [3.8, 4) is 0 Å². The van der Waals surface area contributed by atoms with Crippen LogP contribution in [0.3, 0.4) is 0 Å². The largest absolute Gasteiger partial charge is 0.306 e. The van der Waals surface area contributed by atoms with Crippen LogP contribution in [-0.2, 0) is 4.79 Å². The fourth-order valence-electron chi connectivity index (χ4n) is 1.21. The van der Waals surface area contributed by atoms with Crippen LogP contribution >= 0.6 is 27.7 Å². The van der Waals surface area contributed by atoms with E-state index in [1.807, 2.05) is 22.9 Å². The van der Waals surface area contributed by atoms with Crippen molar-refractivity contribution < 1.29 is 4.79 Å². The van der Waals surface area contributed by atoms with Gasteiger partial charge in [-0.3, -0.25) is 4.79 Å². The third-order valence-electron chi connectivity index (χ3n) is 1.90. The fraction of sp³-hybridized carbons (Fsp3) is 0.571. The number of hydrogen-bond acceptors (Lipinski definition) is 2. The van der Waals surface area contributed by atoms with E-state index in [4.69, 9.17) is 0 Å². The number of thioether (sulfide) groups is 1. The highest BCUT2D eigenvalue weighted by Crippen LogP contribution is 2.35. The topological polar surface area (TPSA) is 20.3 Å². The van der Waals surface area contributed by atoms with Crippen LogP contribution in [0.4, 0.5) is 0 Å². The van der Waals surface area contributed by atoms with Gasteiger partial charge in [-0.05, 0) is 5.57 Å². The van der Waals surface area contributed by atoms with Crippen molar-refractivity contribution in [2.45, 2.75) is 11.8 Å². The summed E-state index contributed by atoms with van der Waals surface area (Å²) in [6, 6.07) is 0. The second kappa shape index (κ2) is 2.83. The Labute approximate surface area is 78.1 Å². The Morgan fingerprint density at radius 3 is 3.27 bits per heavy atom. The number of fused-ring (bicyclic) bond motifs is 1. The first-order valence-electron chi connectivity index (χ1n) is 3.49. The molecule has 0 aromatic rings. The summed E-state index contributed by atoms with van der Waals surface area (Å²) in [4.78, 5) is 12.8. The first kappa shape index (κ1) is 7.68. The molecule has 0 unspecified atom stereocenters. The molecular formula is C7H8BrNOS. The number of β-lactam (4-membered cyclic amide) rings is 1. The molecule has 1 fully saturated rings. The van der Waals surface area contributed by atoms with Crippen molar-refractivity contribution >= 4 is 33.6 Å². The molecule has 60 valence electrons. The van der Waals surface area contributed by atoms with Crippen LogP contribution in [0.2, 0.25) is 0 Å². The molecule has 4 heteroatoms. The van der Waals surface area contributed by atoms with Gasteiger partial charge in [-0.2, -0.15) is 0 Å². The molecule has 11 heavy (non-hydrogen) atoms. The van der Waals surface area contributed by atoms with Crippen molar-refractivity contribution in [3.63, 3.8) is 0 Å². The van der Waals surface area contributed by atoms with E-state index in [1.165, 1.54) is 5.57 Å². The van der Waals surface area contributed by atoms with E-state index in [0.717, 1.165) is 17.5 Å². The van der Waals surface area contributed by atoms with E-state index in [9.17, 15) is 4.79 Å². The number of carbonyl (C=O) groups excluding carboxylic acids is 1. The molecule has 2 aliphatic heterocycles. The molecule has 0 bridgehead atoms. The third-order valence-corrected chi connectivity index (χ3v) is 3.94. The number of nitrogens with zero attached hydrogens (tertiary/aromatic N) is 1. The highest BCUT2D eigenvalue weighted by atomic mass is 79.9. The summed E-state index contributed by atoms with van der Waals surface area (Å²) in [5.74, 6) is 1.33. The lowest BCUT2D eigenvalue weighted by molar-refractivity contribution is -0.137. The van der Waals surface area contributed by atoms with Crippen LogP contribution < -0.4 is 0 Å². The molecule has 0 aliphatic carbocycles. The van der Waals surface area contributed by atoms with Crippen molar-refractivity contribution in [2.24, 2.45) is 0 Å². The molecule has 2 rings (SSSR count). The summed E-state index contributed by atoms with van der Waals surface area (Å²) in [7, 11) is 0. The first-order valence-corrected chi connectivity index (χ1v) is 5.66. The van der Waals surface area contributed by atoms with Crippen molar-refractivity contribution in [3.05, 3.63) is 11.8 Å². The maximum atomic E-state index is 11.0. The molecule has 0 aromatic carbocycles. The number of carbonyl (C=O) groups is 1. The average Bonchev–Trinajstić information content (AvgIpc) is 2.03. The Bertz CT molecular complexity index is 228. The number of rotatable bonds is 1. The SMILES string of the molecule is O=C1C[C@H]2SCC(CBr)=CN12. The lowest BCUT2D eigenvalue weighted by Gasteiger charge is -2.40. The molecule has 1 amide bonds. The molecule has 1 atom stereocenters. The second-order valence-corrected chi connectivity index (χ2v) is 4.42. The molecule has 2 aliphatic rings. The van der Waals surface area contributed by atoms with Gasteiger partial charge in [0.1, 0.15) is 0 Å². The van der Waals surface area contributed by atoms with E-state index < -0.39 is 0 Å². The fourth-order valence-corrected chi connectivity index (χ4v) is 2.99. The van der Waals surface area contributed by atoms with E-state index >= 15 is 0 Å². The van der Waals surface area contributed by atoms with Crippen LogP contribution in [0.5, 0.6) is 0 Å². The summed E-state index contributed by atoms with van der Waals surface area (Å²) in [6.45, 7) is 0. The minimum Gasteiger partial charge on any atom is -0.306 e. The number of hydrogen-bond donors (Lipinski definition) is 0. The number of amides is 1. The number of alkyl halides is 1. The molecule has 0 aromatic heterocycles. The zero-order chi connectivity index (χ0) is 7.84. The minimum absolute atomic E-state index is 0.264. The van der Waals surface area contributed by atoms with Gasteiger partial charge in [0, 0.05) is 17.3 Å². The van der Waals surface area contributed by atoms with Gasteiger partial charge in [-0.25, -0.2) is 0 Å². The molecule has 2 nitrogen and oxygen atoms in total. The molecule has 0 saturated carbocycles. The second-order valence-electron chi connectivity index (χ2n) is 2.69. The maximum absolute atomic E-state index is 11.0. The van der Waals surface area contributed by atoms with E-state index in [-0.39, 0.29) is 5.91 Å². The van der Waals surface area contributed by atoms with Gasteiger partial charge in [0.05, 0.1) is 11.8 Å². The van der Waals surface area contributed by atoms with Crippen molar-refractivity contribution in [1.29, 1.82) is 0 Å². The van der Waals surface area contributed by atoms with Gasteiger partial charge in [0.2, 0.25) is 5.91 Å². The highest BCUT2D eigenvalue weighted by molar-refractivity contribution is 9.09. The van der Waals surface area contributed by atoms with Gasteiger partial charge in [0.15, 0.2) is 0 Å². The molecular weight excluding hydrogens is 226 g/mol. The van der Waals surface area contributed by atoms with E-state index in [1.54, 1.807) is 0 Å². The Kier molecular flexibility index (Phi) is 1.97. The van der Waals surface area contributed by atoms with Gasteiger partial charge >= 0.3 is 0 Å². The Morgan fingerprint density at radius 2 is 2.64 bits per heavy atom. The van der Waals surface area contributed by atoms with Gasteiger partial charge in [0.25, 0.3) is 0 Å². The minimum atomic E-state index is 0.264. The maximum Gasteiger partial charge on any atom is 0.230 e. The van der Waals surface area contributed by atoms with Gasteiger partial charge < -0.3 is 4.90 Å². The standard InChI is InChI=1S/C7H8BrNOS/c8-2-5-3-9-6(10)1-7(9)11-4-5/h3,7H,1-2,4H2/t7-/m1/s1. The lowest BCUT2D eigenvalue weighted by Crippen LogP contribution is -2.49. The summed E-state index contributed by atoms with van der Waals surface area (Å²) in [5.41, 5.74) is 1.30. The molecule has 1 saturated heterocycles. The summed E-state index contributed by atoms with van der Waals surface area (Å²) in [5, 5.41) is 1.33. The van der Waals surface area contributed by atoms with Gasteiger partial charge in [-0.15, -0.1) is 11.8 Å². The Hall–Kier alpha value is 0.0400. The average molecular weight is 234 g/mol. The molecule has 0 radical (unpaired) electrons. The Morgan fingerprint density at radius 1 is 1.82 bits per heavy atom. The summed E-state index contributed by atoms with van der Waals surface area (Å²) < 4.78 is 0. The smallest absolute Gasteiger partial charge is 0.230 e. The van der Waals surface area contributed by atoms with Crippen LogP contribution in [-0.4, -0.2) is 27.3 Å². The van der Waals surface area contributed by atoms with Crippen LogP contribution in [0.1, 0.15) is 6.42 Å². The third kappa shape index (κ3) is 1.22. The summed E-state index contributed by atoms with van der Waals surface area (Å²) >= 11 is 5.24. The molecule has 2 heterocycles. The predicted molar refractivity (Wildman–Crippen MR) is 49.6 cm³/mol. The normalized spacial score (nSPS) is 29.2. The van der Waals surface area contributed by atoms with E-state index in [0.29, 0.717) is 5.37 Å². The summed E-state index contributed by atoms with van der Waals surface area (Å²) in [6.07, 6.45) is 2.72. The first-order chi connectivity index (χ1) is 5.31. The Balaban J connectivity index is 2.13. The zero-order valence-electron chi connectivity index (χ0n) is 5.92. The van der Waals surface area contributed by atoms with E-state index in [2.05, 4.69) is 15.9 Å². The molecule has 0 spiro atoms. The van der Waals surface area contributed by atoms with Crippen molar-refractivity contribution in [2.75, 3.05) is 11.1 Å². The lowest BCUT2D eigenvalue weighted by atomic mass is 10.2. The van der Waals surface area contributed by atoms with Crippen LogP contribution in [0.25, 0.3) is 0 Å². The number of halogens is 1. The quantitative estimate of drug-likeness (QED) is 0.507.